The van der Waals surface area contributed by atoms with Gasteiger partial charge in [0.05, 0.1) is 29.4 Å². The van der Waals surface area contributed by atoms with Gasteiger partial charge in [-0.25, -0.2) is 26.7 Å². The van der Waals surface area contributed by atoms with Crippen molar-refractivity contribution >= 4 is 39.3 Å². The quantitative estimate of drug-likeness (QED) is 0.0849. The summed E-state index contributed by atoms with van der Waals surface area (Å²) in [4.78, 5) is 35.0. The Morgan fingerprint density at radius 2 is 1.83 bits per heavy atom. The normalized spacial score (nSPS) is 15.5. The molecule has 1 heterocycles. The molecule has 1 aliphatic rings. The van der Waals surface area contributed by atoms with Crippen LogP contribution in [-0.4, -0.2) is 77.5 Å². The summed E-state index contributed by atoms with van der Waals surface area (Å²) in [6.07, 6.45) is 1.14. The van der Waals surface area contributed by atoms with Crippen LogP contribution in [0.3, 0.4) is 0 Å². The highest BCUT2D eigenvalue weighted by atomic mass is 35.5. The number of carbonyl (C=O) groups is 2. The third-order valence-electron chi connectivity index (χ3n) is 8.07. The van der Waals surface area contributed by atoms with Crippen molar-refractivity contribution < 1.29 is 36.6 Å². The number of amides is 2. The van der Waals surface area contributed by atoms with Crippen molar-refractivity contribution in [3.05, 3.63) is 105 Å². The first-order valence-corrected chi connectivity index (χ1v) is 18.6. The van der Waals surface area contributed by atoms with Crippen molar-refractivity contribution in [1.82, 2.24) is 14.6 Å². The number of rotatable bonds is 16. The lowest BCUT2D eigenvalue weighted by Gasteiger charge is -2.31. The first-order valence-electron chi connectivity index (χ1n) is 16.6. The van der Waals surface area contributed by atoms with Crippen LogP contribution in [0.4, 0.5) is 19.3 Å². The number of anilines is 1. The summed E-state index contributed by atoms with van der Waals surface area (Å²) in [5.74, 6) is -3.23. The number of aliphatic hydroxyl groups is 1. The third-order valence-corrected chi connectivity index (χ3v) is 10.3. The molecule has 1 fully saturated rings. The Hall–Kier alpha value is -4.34. The van der Waals surface area contributed by atoms with Gasteiger partial charge in [-0.05, 0) is 94.3 Å². The van der Waals surface area contributed by atoms with Crippen molar-refractivity contribution in [2.45, 2.75) is 88.3 Å². The molecule has 1 aromatic heterocycles. The van der Waals surface area contributed by atoms with E-state index >= 15 is 4.39 Å². The standard InChI is InChI=1S/C35H42ClF2N7O6S/c1-21(46)19-45(34(48)51-35(2,3)4)20-26(43-52(49,50)27-13-14-27)12-15-28-29(38)17-40-18-30(28)41-33(47)32(42-44-39)31(22-8-10-24(36)11-9-22)23-6-5-7-25(37)16-23/h5-11,16-18,21,26-27,31-32,43,46H,12-15,19-20H2,1-4H3,(H,41,47)/t21-,26+,31+,32+/m1/s1. The van der Waals surface area contributed by atoms with E-state index in [9.17, 15) is 33.0 Å². The second kappa shape index (κ2) is 17.5. The molecule has 17 heteroatoms. The van der Waals surface area contributed by atoms with Crippen molar-refractivity contribution in [3.8, 4) is 0 Å². The molecule has 0 saturated heterocycles. The molecule has 2 amide bonds. The summed E-state index contributed by atoms with van der Waals surface area (Å²) >= 11 is 6.09. The van der Waals surface area contributed by atoms with Crippen LogP contribution < -0.4 is 10.0 Å². The van der Waals surface area contributed by atoms with Crippen LogP contribution in [0.5, 0.6) is 0 Å². The van der Waals surface area contributed by atoms with Gasteiger partial charge in [-0.2, -0.15) is 0 Å². The molecule has 2 aromatic carbocycles. The Bertz CT molecular complexity index is 1880. The summed E-state index contributed by atoms with van der Waals surface area (Å²) in [6, 6.07) is 9.38. The van der Waals surface area contributed by atoms with Crippen LogP contribution in [0.1, 0.15) is 69.6 Å². The van der Waals surface area contributed by atoms with E-state index < -0.39 is 68.6 Å². The first kappa shape index (κ1) is 40.4. The molecule has 0 unspecified atom stereocenters. The van der Waals surface area contributed by atoms with Gasteiger partial charge in [0.2, 0.25) is 15.9 Å². The number of ether oxygens (including phenoxy) is 1. The minimum atomic E-state index is -3.80. The number of hydrogen-bond acceptors (Lipinski definition) is 8. The van der Waals surface area contributed by atoms with E-state index in [1.807, 2.05) is 0 Å². The number of sulfonamides is 1. The lowest BCUT2D eigenvalue weighted by Crippen LogP contribution is -2.49. The summed E-state index contributed by atoms with van der Waals surface area (Å²) in [7, 11) is -3.80. The molecule has 1 saturated carbocycles. The smallest absolute Gasteiger partial charge is 0.410 e. The van der Waals surface area contributed by atoms with Crippen LogP contribution in [0, 0.1) is 11.6 Å². The number of pyridine rings is 1. The molecule has 280 valence electrons. The molecule has 4 atom stereocenters. The van der Waals surface area contributed by atoms with Gasteiger partial charge in [0.15, 0.2) is 0 Å². The van der Waals surface area contributed by atoms with E-state index in [0.717, 1.165) is 6.20 Å². The topological polar surface area (TPSA) is 187 Å². The van der Waals surface area contributed by atoms with Crippen LogP contribution in [0.2, 0.25) is 5.02 Å². The average molecular weight is 762 g/mol. The van der Waals surface area contributed by atoms with Crippen molar-refractivity contribution in [3.63, 3.8) is 0 Å². The maximum atomic E-state index is 15.5. The molecule has 0 radical (unpaired) electrons. The number of aliphatic hydroxyl groups excluding tert-OH is 1. The Balaban J connectivity index is 1.64. The van der Waals surface area contributed by atoms with Crippen LogP contribution in [-0.2, 0) is 26.0 Å². The van der Waals surface area contributed by atoms with Crippen molar-refractivity contribution in [1.29, 1.82) is 0 Å². The average Bonchev–Trinajstić information content (AvgIpc) is 3.90. The fraction of sp³-hybridized carbons (Fsp3) is 0.457. The van der Waals surface area contributed by atoms with E-state index in [1.54, 1.807) is 51.1 Å². The van der Waals surface area contributed by atoms with E-state index in [1.165, 1.54) is 36.2 Å². The van der Waals surface area contributed by atoms with Crippen LogP contribution in [0.15, 0.2) is 66.0 Å². The van der Waals surface area contributed by atoms with Crippen molar-refractivity contribution in [2.24, 2.45) is 5.11 Å². The molecule has 1 aliphatic carbocycles. The monoisotopic (exact) mass is 761 g/mol. The zero-order valence-corrected chi connectivity index (χ0v) is 30.7. The Kier molecular flexibility index (Phi) is 13.6. The predicted octanol–water partition coefficient (Wildman–Crippen LogP) is 6.46. The van der Waals surface area contributed by atoms with Crippen molar-refractivity contribution in [2.75, 3.05) is 18.4 Å². The predicted molar refractivity (Wildman–Crippen MR) is 192 cm³/mol. The molecule has 3 aromatic rings. The maximum Gasteiger partial charge on any atom is 0.410 e. The van der Waals surface area contributed by atoms with E-state index in [2.05, 4.69) is 25.0 Å². The fourth-order valence-electron chi connectivity index (χ4n) is 5.63. The van der Waals surface area contributed by atoms with E-state index in [4.69, 9.17) is 16.3 Å². The highest BCUT2D eigenvalue weighted by molar-refractivity contribution is 7.90. The molecule has 0 spiro atoms. The zero-order chi connectivity index (χ0) is 38.2. The summed E-state index contributed by atoms with van der Waals surface area (Å²) in [5, 5.41) is 16.3. The number of nitrogens with one attached hydrogen (secondary N) is 2. The zero-order valence-electron chi connectivity index (χ0n) is 29.2. The molecule has 13 nitrogen and oxygen atoms in total. The molecule has 3 N–H and O–H groups in total. The lowest BCUT2D eigenvalue weighted by atomic mass is 9.84. The number of carbonyl (C=O) groups excluding carboxylic acids is 2. The van der Waals surface area contributed by atoms with Crippen LogP contribution >= 0.6 is 11.6 Å². The molecule has 52 heavy (non-hydrogen) atoms. The SMILES string of the molecule is C[C@@H](O)CN(C[C@H](CCc1c(F)cncc1NC(=O)[C@@H](N=[N+]=[N-])[C@@H](c1ccc(Cl)cc1)c1cccc(F)c1)NS(=O)(=O)C1CC1)C(=O)OC(C)(C)C. The minimum Gasteiger partial charge on any atom is -0.444 e. The van der Waals surface area contributed by atoms with Gasteiger partial charge >= 0.3 is 6.09 Å². The Morgan fingerprint density at radius 3 is 2.42 bits per heavy atom. The number of benzene rings is 2. The highest BCUT2D eigenvalue weighted by Gasteiger charge is 2.38. The van der Waals surface area contributed by atoms with Gasteiger partial charge in [0, 0.05) is 40.5 Å². The lowest BCUT2D eigenvalue weighted by molar-refractivity contribution is -0.117. The highest BCUT2D eigenvalue weighted by Crippen LogP contribution is 2.33. The number of azide groups is 1. The number of hydrogen-bond donors (Lipinski definition) is 3. The van der Waals surface area contributed by atoms with E-state index in [0.29, 0.717) is 29.0 Å². The second-order valence-electron chi connectivity index (χ2n) is 13.7. The van der Waals surface area contributed by atoms with Gasteiger partial charge in [0.1, 0.15) is 23.3 Å². The fourth-order valence-corrected chi connectivity index (χ4v) is 7.36. The van der Waals surface area contributed by atoms with Crippen LogP contribution in [0.25, 0.3) is 10.4 Å². The van der Waals surface area contributed by atoms with Gasteiger partial charge in [0.25, 0.3) is 0 Å². The van der Waals surface area contributed by atoms with Gasteiger partial charge in [-0.15, -0.1) is 0 Å². The first-order chi connectivity index (χ1) is 24.5. The molecular formula is C35H42ClF2N7O6S. The van der Waals surface area contributed by atoms with Gasteiger partial charge < -0.3 is 20.1 Å². The molecular weight excluding hydrogens is 720 g/mol. The second-order valence-corrected chi connectivity index (χ2v) is 16.1. The maximum absolute atomic E-state index is 15.5. The molecule has 0 aliphatic heterocycles. The van der Waals surface area contributed by atoms with Gasteiger partial charge in [-0.1, -0.05) is 41.0 Å². The molecule has 4 rings (SSSR count). The number of aromatic nitrogens is 1. The Morgan fingerprint density at radius 1 is 1.13 bits per heavy atom. The summed E-state index contributed by atoms with van der Waals surface area (Å²) < 4.78 is 64.2. The summed E-state index contributed by atoms with van der Waals surface area (Å²) in [6.45, 7) is 6.10. The Labute approximate surface area is 306 Å². The largest absolute Gasteiger partial charge is 0.444 e. The molecule has 0 bridgehead atoms. The van der Waals surface area contributed by atoms with Gasteiger partial charge in [-0.3, -0.25) is 9.78 Å². The van der Waals surface area contributed by atoms with E-state index in [-0.39, 0.29) is 37.2 Å². The number of nitrogens with zero attached hydrogens (tertiary/aromatic N) is 5. The summed E-state index contributed by atoms with van der Waals surface area (Å²) in [5.41, 5.74) is 9.33. The minimum absolute atomic E-state index is 0.0354. The third kappa shape index (κ3) is 11.6. The number of halogens is 3.